The highest BCUT2D eigenvalue weighted by molar-refractivity contribution is 6.33. The number of hydrogen-bond acceptors (Lipinski definition) is 4. The van der Waals surface area contributed by atoms with Gasteiger partial charge in [0.05, 0.1) is 21.7 Å². The number of halogens is 1. The van der Waals surface area contributed by atoms with Crippen molar-refractivity contribution in [2.24, 2.45) is 0 Å². The monoisotopic (exact) mass is 283 g/mol. The molecule has 102 valence electrons. The van der Waals surface area contributed by atoms with Crippen LogP contribution in [0.5, 0.6) is 0 Å². The fraction of sp³-hybridized carbons (Fsp3) is 0.417. The van der Waals surface area contributed by atoms with E-state index in [2.05, 4.69) is 10.6 Å². The second-order valence-electron chi connectivity index (χ2n) is 4.41. The Hall–Kier alpha value is -1.66. The molecular formula is C12H14ClN3O3. The van der Waals surface area contributed by atoms with E-state index in [0.717, 1.165) is 25.8 Å². The molecule has 1 fully saturated rings. The molecule has 1 aliphatic heterocycles. The topological polar surface area (TPSA) is 84.3 Å². The number of rotatable bonds is 3. The van der Waals surface area contributed by atoms with Crippen molar-refractivity contribution in [3.8, 4) is 0 Å². The predicted molar refractivity (Wildman–Crippen MR) is 72.4 cm³/mol. The number of benzene rings is 1. The molecule has 0 saturated carbocycles. The first kappa shape index (κ1) is 13.8. The molecule has 0 aromatic heterocycles. The minimum absolute atomic E-state index is 0.101. The lowest BCUT2D eigenvalue weighted by molar-refractivity contribution is -0.384. The molecule has 1 saturated heterocycles. The van der Waals surface area contributed by atoms with Gasteiger partial charge >= 0.3 is 0 Å². The van der Waals surface area contributed by atoms with Crippen LogP contribution in [0.25, 0.3) is 0 Å². The Morgan fingerprint density at radius 1 is 1.47 bits per heavy atom. The Morgan fingerprint density at radius 2 is 2.26 bits per heavy atom. The van der Waals surface area contributed by atoms with Crippen LogP contribution >= 0.6 is 11.6 Å². The van der Waals surface area contributed by atoms with Crippen molar-refractivity contribution in [2.75, 3.05) is 11.9 Å². The van der Waals surface area contributed by atoms with Crippen LogP contribution in [0, 0.1) is 10.1 Å². The van der Waals surface area contributed by atoms with Crippen LogP contribution in [-0.4, -0.2) is 23.4 Å². The molecule has 19 heavy (non-hydrogen) atoms. The summed E-state index contributed by atoms with van der Waals surface area (Å²) in [7, 11) is 0. The van der Waals surface area contributed by atoms with Crippen LogP contribution in [-0.2, 0) is 4.79 Å². The molecule has 1 unspecified atom stereocenters. The SMILES string of the molecule is O=C(Nc1cc([N+](=O)[O-])ccc1Cl)C1CCCCN1. The Labute approximate surface area is 115 Å². The van der Waals surface area contributed by atoms with Crippen molar-refractivity contribution in [3.63, 3.8) is 0 Å². The van der Waals surface area contributed by atoms with Gasteiger partial charge in [-0.1, -0.05) is 18.0 Å². The molecule has 1 amide bonds. The maximum atomic E-state index is 12.0. The fourth-order valence-corrected chi connectivity index (χ4v) is 2.18. The molecule has 1 aromatic rings. The van der Waals surface area contributed by atoms with Crippen LogP contribution < -0.4 is 10.6 Å². The Bertz CT molecular complexity index is 501. The number of nitro groups is 1. The Morgan fingerprint density at radius 3 is 2.89 bits per heavy atom. The van der Waals surface area contributed by atoms with E-state index in [1.807, 2.05) is 0 Å². The molecule has 0 spiro atoms. The van der Waals surface area contributed by atoms with Crippen LogP contribution in [0.3, 0.4) is 0 Å². The summed E-state index contributed by atoms with van der Waals surface area (Å²) in [6.45, 7) is 0.806. The van der Waals surface area contributed by atoms with Crippen LogP contribution in [0.1, 0.15) is 19.3 Å². The van der Waals surface area contributed by atoms with Crippen molar-refractivity contribution in [2.45, 2.75) is 25.3 Å². The summed E-state index contributed by atoms with van der Waals surface area (Å²) in [6, 6.07) is 3.72. The first-order valence-electron chi connectivity index (χ1n) is 6.06. The third-order valence-electron chi connectivity index (χ3n) is 3.05. The van der Waals surface area contributed by atoms with E-state index in [0.29, 0.717) is 0 Å². The number of amides is 1. The molecule has 0 radical (unpaired) electrons. The van der Waals surface area contributed by atoms with Crippen molar-refractivity contribution in [1.29, 1.82) is 0 Å². The van der Waals surface area contributed by atoms with Gasteiger partial charge in [-0.25, -0.2) is 0 Å². The Balaban J connectivity index is 2.11. The summed E-state index contributed by atoms with van der Waals surface area (Å²) >= 11 is 5.93. The van der Waals surface area contributed by atoms with Gasteiger partial charge in [-0.05, 0) is 25.5 Å². The van der Waals surface area contributed by atoms with Crippen molar-refractivity contribution in [3.05, 3.63) is 33.3 Å². The van der Waals surface area contributed by atoms with Crippen molar-refractivity contribution in [1.82, 2.24) is 5.32 Å². The number of nitro benzene ring substituents is 1. The van der Waals surface area contributed by atoms with Gasteiger partial charge in [-0.3, -0.25) is 14.9 Å². The van der Waals surface area contributed by atoms with Crippen LogP contribution in [0.4, 0.5) is 11.4 Å². The number of non-ortho nitro benzene ring substituents is 1. The summed E-state index contributed by atoms with van der Waals surface area (Å²) in [5, 5.41) is 16.7. The highest BCUT2D eigenvalue weighted by Crippen LogP contribution is 2.27. The average Bonchev–Trinajstić information content (AvgIpc) is 2.42. The first-order chi connectivity index (χ1) is 9.08. The van der Waals surface area contributed by atoms with E-state index in [9.17, 15) is 14.9 Å². The molecule has 1 heterocycles. The van der Waals surface area contributed by atoms with E-state index in [1.165, 1.54) is 18.2 Å². The van der Waals surface area contributed by atoms with Gasteiger partial charge in [0.25, 0.3) is 5.69 Å². The van der Waals surface area contributed by atoms with E-state index in [1.54, 1.807) is 0 Å². The number of nitrogens with one attached hydrogen (secondary N) is 2. The average molecular weight is 284 g/mol. The molecule has 2 rings (SSSR count). The summed E-state index contributed by atoms with van der Waals surface area (Å²) in [6.07, 6.45) is 2.81. The molecule has 1 aliphatic rings. The van der Waals surface area contributed by atoms with E-state index in [-0.39, 0.29) is 28.3 Å². The van der Waals surface area contributed by atoms with Crippen LogP contribution in [0.2, 0.25) is 5.02 Å². The largest absolute Gasteiger partial charge is 0.323 e. The molecule has 1 aromatic carbocycles. The summed E-state index contributed by atoms with van der Waals surface area (Å²) < 4.78 is 0. The van der Waals surface area contributed by atoms with Gasteiger partial charge in [-0.2, -0.15) is 0 Å². The summed E-state index contributed by atoms with van der Waals surface area (Å²) in [5.41, 5.74) is 0.171. The van der Waals surface area contributed by atoms with Gasteiger partial charge in [0.2, 0.25) is 5.91 Å². The van der Waals surface area contributed by atoms with E-state index >= 15 is 0 Å². The highest BCUT2D eigenvalue weighted by atomic mass is 35.5. The lowest BCUT2D eigenvalue weighted by Gasteiger charge is -2.22. The normalized spacial score (nSPS) is 18.9. The standard InChI is InChI=1S/C12H14ClN3O3/c13-9-5-4-8(16(18)19)7-11(9)15-12(17)10-3-1-2-6-14-10/h4-5,7,10,14H,1-3,6H2,(H,15,17). The lowest BCUT2D eigenvalue weighted by atomic mass is 10.0. The third kappa shape index (κ3) is 3.42. The maximum Gasteiger partial charge on any atom is 0.271 e. The minimum Gasteiger partial charge on any atom is -0.323 e. The summed E-state index contributed by atoms with van der Waals surface area (Å²) in [4.78, 5) is 22.2. The van der Waals surface area contributed by atoms with Gasteiger partial charge in [0, 0.05) is 12.1 Å². The van der Waals surface area contributed by atoms with E-state index < -0.39 is 4.92 Å². The smallest absolute Gasteiger partial charge is 0.271 e. The predicted octanol–water partition coefficient (Wildman–Crippen LogP) is 2.33. The number of anilines is 1. The molecule has 0 aliphatic carbocycles. The fourth-order valence-electron chi connectivity index (χ4n) is 2.02. The molecule has 7 heteroatoms. The Kier molecular flexibility index (Phi) is 4.34. The van der Waals surface area contributed by atoms with Gasteiger partial charge < -0.3 is 10.6 Å². The molecule has 0 bridgehead atoms. The molecular weight excluding hydrogens is 270 g/mol. The minimum atomic E-state index is -0.523. The number of nitrogens with zero attached hydrogens (tertiary/aromatic N) is 1. The number of hydrogen-bond donors (Lipinski definition) is 2. The van der Waals surface area contributed by atoms with E-state index in [4.69, 9.17) is 11.6 Å². The zero-order chi connectivity index (χ0) is 13.8. The summed E-state index contributed by atoms with van der Waals surface area (Å²) in [5.74, 6) is -0.206. The number of carbonyl (C=O) groups excluding carboxylic acids is 1. The van der Waals surface area contributed by atoms with Gasteiger partial charge in [0.1, 0.15) is 0 Å². The highest BCUT2D eigenvalue weighted by Gasteiger charge is 2.21. The second-order valence-corrected chi connectivity index (χ2v) is 4.82. The lowest BCUT2D eigenvalue weighted by Crippen LogP contribution is -2.43. The maximum absolute atomic E-state index is 12.0. The first-order valence-corrected chi connectivity index (χ1v) is 6.44. The molecule has 1 atom stereocenters. The van der Waals surface area contributed by atoms with Crippen molar-refractivity contribution >= 4 is 28.9 Å². The quantitative estimate of drug-likeness (QED) is 0.659. The zero-order valence-corrected chi connectivity index (χ0v) is 10.9. The zero-order valence-electron chi connectivity index (χ0n) is 10.2. The molecule has 6 nitrogen and oxygen atoms in total. The second kappa shape index (κ2) is 5.99. The van der Waals surface area contributed by atoms with Gasteiger partial charge in [-0.15, -0.1) is 0 Å². The number of carbonyl (C=O) groups is 1. The van der Waals surface area contributed by atoms with Crippen molar-refractivity contribution < 1.29 is 9.72 Å². The number of piperidine rings is 1. The third-order valence-corrected chi connectivity index (χ3v) is 3.38. The van der Waals surface area contributed by atoms with Crippen LogP contribution in [0.15, 0.2) is 18.2 Å². The van der Waals surface area contributed by atoms with Gasteiger partial charge in [0.15, 0.2) is 0 Å². The molecule has 2 N–H and O–H groups in total.